The molecule has 0 aromatic heterocycles. The van der Waals surface area contributed by atoms with Gasteiger partial charge < -0.3 is 10.4 Å². The van der Waals surface area contributed by atoms with E-state index in [0.717, 1.165) is 0 Å². The Kier molecular flexibility index (Phi) is 6.93. The smallest absolute Gasteiger partial charge is 0.224 e. The third-order valence-electron chi connectivity index (χ3n) is 2.97. The van der Waals surface area contributed by atoms with Crippen molar-refractivity contribution in [1.82, 2.24) is 5.32 Å². The Morgan fingerprint density at radius 3 is 2.05 bits per heavy atom. The van der Waals surface area contributed by atoms with E-state index >= 15 is 0 Å². The van der Waals surface area contributed by atoms with Crippen molar-refractivity contribution in [3.8, 4) is 0 Å². The van der Waals surface area contributed by atoms with Crippen LogP contribution < -0.4 is 5.32 Å². The third kappa shape index (κ3) is 5.86. The van der Waals surface area contributed by atoms with Crippen LogP contribution in [-0.2, 0) is 9.59 Å². The monoisotopic (exact) mass is 301 g/mol. The number of hydrogen-bond acceptors (Lipinski definition) is 3. The average molecular weight is 302 g/mol. The van der Waals surface area contributed by atoms with Gasteiger partial charge in [0.25, 0.3) is 0 Å². The van der Waals surface area contributed by atoms with Crippen LogP contribution in [0, 0.1) is 0 Å². The molecule has 0 aliphatic rings. The van der Waals surface area contributed by atoms with Crippen molar-refractivity contribution in [1.29, 1.82) is 0 Å². The van der Waals surface area contributed by atoms with E-state index in [0.29, 0.717) is 18.2 Å². The topological polar surface area (TPSA) is 66.4 Å². The fraction of sp³-hybridized carbons (Fsp3) is 0.769. The van der Waals surface area contributed by atoms with Crippen molar-refractivity contribution in [3.63, 3.8) is 0 Å². The van der Waals surface area contributed by atoms with Gasteiger partial charge in [0.1, 0.15) is 5.94 Å². The summed E-state index contributed by atoms with van der Waals surface area (Å²) in [4.78, 5) is 23.7. The maximum absolute atomic E-state index is 12.4. The highest BCUT2D eigenvalue weighted by molar-refractivity contribution is 6.90. The molecule has 19 heavy (non-hydrogen) atoms. The zero-order chi connectivity index (χ0) is 15.3. The van der Waals surface area contributed by atoms with E-state index < -0.39 is 16.1 Å². The Morgan fingerprint density at radius 2 is 1.74 bits per heavy atom. The number of carbonyl (C=O) groups is 1. The van der Waals surface area contributed by atoms with Gasteiger partial charge >= 0.3 is 0 Å². The van der Waals surface area contributed by atoms with Crippen LogP contribution in [0.1, 0.15) is 6.42 Å². The second kappa shape index (κ2) is 7.19. The van der Waals surface area contributed by atoms with E-state index in [1.54, 1.807) is 0 Å². The highest BCUT2D eigenvalue weighted by atomic mass is 28.3. The minimum Gasteiger partial charge on any atom is -0.396 e. The van der Waals surface area contributed by atoms with Gasteiger partial charge in [-0.25, -0.2) is 4.79 Å². The van der Waals surface area contributed by atoms with Crippen LogP contribution in [0.4, 0.5) is 0 Å². The molecule has 0 aliphatic heterocycles. The summed E-state index contributed by atoms with van der Waals surface area (Å²) in [5.74, 6) is 2.00. The number of carbonyl (C=O) groups excluding carboxylic acids is 2. The summed E-state index contributed by atoms with van der Waals surface area (Å²) in [6.45, 7) is 13.0. The summed E-state index contributed by atoms with van der Waals surface area (Å²) in [6.07, 6.45) is 0.539. The molecule has 0 saturated heterocycles. The lowest BCUT2D eigenvalue weighted by atomic mass is 10.3. The van der Waals surface area contributed by atoms with Crippen LogP contribution in [0.2, 0.25) is 44.8 Å². The normalized spacial score (nSPS) is 13.6. The first-order chi connectivity index (χ1) is 8.55. The van der Waals surface area contributed by atoms with Gasteiger partial charge in [0, 0.05) is 18.3 Å². The summed E-state index contributed by atoms with van der Waals surface area (Å²) in [7, 11) is -3.70. The van der Waals surface area contributed by atoms with Crippen molar-refractivity contribution >= 4 is 28.0 Å². The molecule has 0 bridgehead atoms. The Labute approximate surface area is 118 Å². The van der Waals surface area contributed by atoms with Gasteiger partial charge in [-0.2, -0.15) is 0 Å². The van der Waals surface area contributed by atoms with Gasteiger partial charge in [-0.15, -0.1) is 0 Å². The first kappa shape index (κ1) is 18.3. The summed E-state index contributed by atoms with van der Waals surface area (Å²) in [6, 6.07) is 0. The van der Waals surface area contributed by atoms with E-state index in [1.165, 1.54) is 0 Å². The minimum atomic E-state index is -1.85. The van der Waals surface area contributed by atoms with Gasteiger partial charge in [-0.05, 0) is 6.42 Å². The van der Waals surface area contributed by atoms with Crippen LogP contribution in [0.25, 0.3) is 0 Å². The first-order valence-electron chi connectivity index (χ1n) is 6.69. The third-order valence-corrected chi connectivity index (χ3v) is 7.55. The molecule has 1 amide bonds. The molecule has 0 fully saturated rings. The molecule has 0 heterocycles. The lowest BCUT2D eigenvalue weighted by Gasteiger charge is -2.33. The van der Waals surface area contributed by atoms with Gasteiger partial charge in [0.15, 0.2) is 0 Å². The summed E-state index contributed by atoms with van der Waals surface area (Å²) < 4.78 is 0. The predicted molar refractivity (Wildman–Crippen MR) is 84.4 cm³/mol. The Balaban J connectivity index is 5.25. The fourth-order valence-corrected chi connectivity index (χ4v) is 7.71. The number of rotatable bonds is 7. The second-order valence-electron chi connectivity index (χ2n) is 6.93. The zero-order valence-electron chi connectivity index (χ0n) is 13.0. The van der Waals surface area contributed by atoms with Crippen LogP contribution in [0.3, 0.4) is 0 Å². The summed E-state index contributed by atoms with van der Waals surface area (Å²) in [5, 5.41) is 12.3. The van der Waals surface area contributed by atoms with Crippen LogP contribution >= 0.6 is 0 Å². The molecule has 0 aromatic carbocycles. The fourth-order valence-electron chi connectivity index (χ4n) is 2.00. The highest BCUT2D eigenvalue weighted by Gasteiger charge is 2.41. The van der Waals surface area contributed by atoms with Crippen molar-refractivity contribution in [3.05, 3.63) is 5.20 Å². The molecule has 2 N–H and O–H groups in total. The number of aliphatic hydroxyl groups excluding tert-OH is 1. The quantitative estimate of drug-likeness (QED) is 0.428. The van der Waals surface area contributed by atoms with Gasteiger partial charge in [0.05, 0.1) is 21.7 Å². The molecular weight excluding hydrogens is 274 g/mol. The highest BCUT2D eigenvalue weighted by Crippen LogP contribution is 2.34. The molecular formula is C13H27NO3Si2. The van der Waals surface area contributed by atoms with E-state index in [2.05, 4.69) is 50.5 Å². The van der Waals surface area contributed by atoms with Crippen LogP contribution in [0.5, 0.6) is 0 Å². The maximum atomic E-state index is 12.4. The number of nitrogens with one attached hydrogen (secondary N) is 1. The molecule has 110 valence electrons. The molecule has 0 saturated carbocycles. The standard InChI is InChI=1S/C13H27NO3Si2/c1-18(2,3)11(10-16)12(19(4,5)6)13(17)14-8-7-9-15/h12,15H,7-9H2,1-6H3,(H,14,17). The first-order valence-corrected chi connectivity index (χ1v) is 13.8. The Hall–Kier alpha value is -0.686. The van der Waals surface area contributed by atoms with E-state index in [4.69, 9.17) is 5.11 Å². The van der Waals surface area contributed by atoms with Crippen molar-refractivity contribution in [2.45, 2.75) is 51.2 Å². The lowest BCUT2D eigenvalue weighted by Crippen LogP contribution is -2.46. The van der Waals surface area contributed by atoms with E-state index in [-0.39, 0.29) is 18.1 Å². The van der Waals surface area contributed by atoms with E-state index in [9.17, 15) is 9.59 Å². The van der Waals surface area contributed by atoms with E-state index in [1.807, 2.05) is 0 Å². The van der Waals surface area contributed by atoms with Crippen LogP contribution in [-0.4, -0.2) is 46.3 Å². The SMILES string of the molecule is C[Si](C)(C)C(=C=O)C(C(=O)NCCCO)[Si](C)(C)C. The Bertz CT molecular complexity index is 363. The second-order valence-corrected chi connectivity index (χ2v) is 17.3. The predicted octanol–water partition coefficient (Wildman–Crippen LogP) is 1.83. The number of amides is 1. The molecule has 6 heteroatoms. The minimum absolute atomic E-state index is 0.0578. The molecule has 0 rings (SSSR count). The molecule has 1 atom stereocenters. The maximum Gasteiger partial charge on any atom is 0.224 e. The van der Waals surface area contributed by atoms with Gasteiger partial charge in [-0.1, -0.05) is 39.3 Å². The molecule has 0 aromatic rings. The zero-order valence-corrected chi connectivity index (χ0v) is 15.0. The van der Waals surface area contributed by atoms with Crippen LogP contribution in [0.15, 0.2) is 5.20 Å². The van der Waals surface area contributed by atoms with Gasteiger partial charge in [0.2, 0.25) is 5.91 Å². The average Bonchev–Trinajstić information content (AvgIpc) is 2.22. The van der Waals surface area contributed by atoms with Crippen molar-refractivity contribution in [2.75, 3.05) is 13.2 Å². The molecule has 1 unspecified atom stereocenters. The molecule has 0 spiro atoms. The largest absolute Gasteiger partial charge is 0.396 e. The summed E-state index contributed by atoms with van der Waals surface area (Å²) in [5.41, 5.74) is -0.310. The molecule has 4 nitrogen and oxygen atoms in total. The van der Waals surface area contributed by atoms with Gasteiger partial charge in [-0.3, -0.25) is 4.79 Å². The number of hydrogen-bond donors (Lipinski definition) is 2. The molecule has 0 radical (unpaired) electrons. The Morgan fingerprint density at radius 1 is 1.21 bits per heavy atom. The number of aliphatic hydroxyl groups is 1. The van der Waals surface area contributed by atoms with Crippen molar-refractivity contribution in [2.24, 2.45) is 0 Å². The summed E-state index contributed by atoms with van der Waals surface area (Å²) >= 11 is 0. The molecule has 0 aliphatic carbocycles. The lowest BCUT2D eigenvalue weighted by molar-refractivity contribution is -0.120. The van der Waals surface area contributed by atoms with Crippen molar-refractivity contribution < 1.29 is 14.7 Å².